The topological polar surface area (TPSA) is 79.7 Å². The Labute approximate surface area is 175 Å². The largest absolute Gasteiger partial charge is 0.506 e. The monoisotopic (exact) mass is 406 g/mol. The van der Waals surface area contributed by atoms with Crippen LogP contribution < -0.4 is 0 Å². The van der Waals surface area contributed by atoms with Crippen molar-refractivity contribution < 1.29 is 19.4 Å². The predicted molar refractivity (Wildman–Crippen MR) is 115 cm³/mol. The number of carboxylic acid groups (broad SMARTS) is 1. The number of aromatic nitrogens is 1. The molecule has 0 bridgehead atoms. The van der Waals surface area contributed by atoms with Crippen molar-refractivity contribution in [3.8, 4) is 0 Å². The highest BCUT2D eigenvalue weighted by Crippen LogP contribution is 2.40. The second-order valence-electron chi connectivity index (χ2n) is 7.86. The molecule has 2 aromatic rings. The Hall–Kier alpha value is -3.15. The molecule has 2 aliphatic heterocycles. The molecular formula is C24H26N2O4. The maximum absolute atomic E-state index is 13.5. The van der Waals surface area contributed by atoms with Gasteiger partial charge in [-0.25, -0.2) is 9.78 Å². The van der Waals surface area contributed by atoms with Crippen LogP contribution in [-0.2, 0) is 22.5 Å². The lowest BCUT2D eigenvalue weighted by Gasteiger charge is -2.19. The molecule has 0 atom stereocenters. The number of carbonyl (C=O) groups is 2. The summed E-state index contributed by atoms with van der Waals surface area (Å²) in [5.41, 5.74) is 7.53. The number of carbonyl (C=O) groups excluding carboxylic acids is 1. The second-order valence-corrected chi connectivity index (χ2v) is 7.86. The molecule has 0 fully saturated rings. The van der Waals surface area contributed by atoms with Crippen LogP contribution in [0.2, 0.25) is 0 Å². The van der Waals surface area contributed by atoms with Gasteiger partial charge in [-0.05, 0) is 43.9 Å². The minimum Gasteiger partial charge on any atom is -0.450 e. The normalized spacial score (nSPS) is 15.8. The number of allylic oxidation sites excluding steroid dienone is 2. The Bertz CT molecular complexity index is 1110. The van der Waals surface area contributed by atoms with Crippen LogP contribution in [0.5, 0.6) is 0 Å². The van der Waals surface area contributed by atoms with Crippen LogP contribution in [0.3, 0.4) is 0 Å². The van der Waals surface area contributed by atoms with E-state index in [1.54, 1.807) is 4.90 Å². The minimum atomic E-state index is -1.37. The number of hydrogen-bond acceptors (Lipinski definition) is 4. The number of hydrogen-bond donors (Lipinski definition) is 1. The smallest absolute Gasteiger partial charge is 0.450 e. The first kappa shape index (κ1) is 20.1. The third-order valence-electron chi connectivity index (χ3n) is 5.93. The zero-order valence-corrected chi connectivity index (χ0v) is 17.6. The third kappa shape index (κ3) is 3.36. The quantitative estimate of drug-likeness (QED) is 0.708. The van der Waals surface area contributed by atoms with Gasteiger partial charge in [0.1, 0.15) is 6.61 Å². The van der Waals surface area contributed by atoms with Crippen LogP contribution in [0.4, 0.5) is 4.79 Å². The van der Waals surface area contributed by atoms with Crippen molar-refractivity contribution >= 4 is 28.7 Å². The van der Waals surface area contributed by atoms with Crippen LogP contribution in [0.1, 0.15) is 55.5 Å². The molecular weight excluding hydrogens is 380 g/mol. The van der Waals surface area contributed by atoms with Gasteiger partial charge in [0.05, 0.1) is 29.0 Å². The van der Waals surface area contributed by atoms with Crippen LogP contribution in [0, 0.1) is 6.92 Å². The molecule has 1 aromatic carbocycles. The van der Waals surface area contributed by atoms with E-state index in [9.17, 15) is 9.59 Å². The SMILES string of the molecule is CCCC1=C(COC(=O)O)C(=O)N2Cc3c(nc4ccc(C)cc4c3CC)C2=CC1. The number of fused-ring (bicyclic) bond motifs is 4. The molecule has 1 amide bonds. The first-order valence-electron chi connectivity index (χ1n) is 10.5. The van der Waals surface area contributed by atoms with Crippen molar-refractivity contribution in [3.05, 3.63) is 57.8 Å². The summed E-state index contributed by atoms with van der Waals surface area (Å²) in [6.45, 7) is 6.48. The lowest BCUT2D eigenvalue weighted by Crippen LogP contribution is -2.28. The van der Waals surface area contributed by atoms with Gasteiger partial charge in [-0.3, -0.25) is 4.79 Å². The molecule has 6 heteroatoms. The van der Waals surface area contributed by atoms with Crippen LogP contribution in [0.25, 0.3) is 16.6 Å². The fourth-order valence-corrected chi connectivity index (χ4v) is 4.54. The van der Waals surface area contributed by atoms with E-state index in [0.29, 0.717) is 18.5 Å². The average Bonchev–Trinajstić information content (AvgIpc) is 3.01. The van der Waals surface area contributed by atoms with Gasteiger partial charge in [0.2, 0.25) is 0 Å². The summed E-state index contributed by atoms with van der Waals surface area (Å²) in [5.74, 6) is -0.177. The van der Waals surface area contributed by atoms with Crippen LogP contribution >= 0.6 is 0 Å². The fraction of sp³-hybridized carbons (Fsp3) is 0.375. The van der Waals surface area contributed by atoms with Crippen molar-refractivity contribution in [1.29, 1.82) is 0 Å². The van der Waals surface area contributed by atoms with Gasteiger partial charge in [-0.1, -0.05) is 43.5 Å². The third-order valence-corrected chi connectivity index (χ3v) is 5.93. The molecule has 1 N–H and O–H groups in total. The Morgan fingerprint density at radius 2 is 2.10 bits per heavy atom. The number of benzene rings is 1. The summed E-state index contributed by atoms with van der Waals surface area (Å²) in [6.07, 6.45) is 3.75. The molecule has 156 valence electrons. The number of aryl methyl sites for hydroxylation is 2. The van der Waals surface area contributed by atoms with Gasteiger partial charge in [-0.15, -0.1) is 0 Å². The molecule has 0 saturated heterocycles. The van der Waals surface area contributed by atoms with E-state index >= 15 is 0 Å². The van der Waals surface area contributed by atoms with Crippen molar-refractivity contribution in [2.45, 2.75) is 53.0 Å². The van der Waals surface area contributed by atoms with E-state index < -0.39 is 6.16 Å². The standard InChI is InChI=1S/C24H26N2O4/c1-4-6-15-8-10-21-22-18(12-26(21)23(27)19(15)13-30-24(28)29)16(5-2)17-11-14(3)7-9-20(17)25-22/h7,9-11H,4-6,8,12-13H2,1-3H3,(H,28,29). The highest BCUT2D eigenvalue weighted by molar-refractivity contribution is 6.03. The Kier molecular flexibility index (Phi) is 5.33. The van der Waals surface area contributed by atoms with Crippen molar-refractivity contribution in [2.24, 2.45) is 0 Å². The molecule has 4 rings (SSSR count). The zero-order chi connectivity index (χ0) is 21.4. The number of ether oxygens (including phenoxy) is 1. The van der Waals surface area contributed by atoms with Crippen LogP contribution in [-0.4, -0.2) is 33.7 Å². The fourth-order valence-electron chi connectivity index (χ4n) is 4.54. The minimum absolute atomic E-state index is 0.177. The zero-order valence-electron chi connectivity index (χ0n) is 17.6. The summed E-state index contributed by atoms with van der Waals surface area (Å²) in [5, 5.41) is 10.1. The van der Waals surface area contributed by atoms with Crippen molar-refractivity contribution in [3.63, 3.8) is 0 Å². The van der Waals surface area contributed by atoms with E-state index in [1.807, 2.05) is 13.0 Å². The number of rotatable bonds is 5. The Balaban J connectivity index is 1.82. The molecule has 0 spiro atoms. The highest BCUT2D eigenvalue weighted by atomic mass is 16.7. The van der Waals surface area contributed by atoms with E-state index in [-0.39, 0.29) is 12.5 Å². The maximum Gasteiger partial charge on any atom is 0.506 e. The van der Waals surface area contributed by atoms with Gasteiger partial charge in [0.15, 0.2) is 0 Å². The Morgan fingerprint density at radius 1 is 1.30 bits per heavy atom. The molecule has 0 unspecified atom stereocenters. The average molecular weight is 406 g/mol. The Morgan fingerprint density at radius 3 is 2.80 bits per heavy atom. The molecule has 3 heterocycles. The van der Waals surface area contributed by atoms with Crippen molar-refractivity contribution in [2.75, 3.05) is 6.61 Å². The van der Waals surface area contributed by atoms with Crippen molar-refractivity contribution in [1.82, 2.24) is 9.88 Å². The molecule has 1 aromatic heterocycles. The van der Waals surface area contributed by atoms with Gasteiger partial charge >= 0.3 is 6.16 Å². The first-order chi connectivity index (χ1) is 14.4. The maximum atomic E-state index is 13.5. The molecule has 0 radical (unpaired) electrons. The lowest BCUT2D eigenvalue weighted by atomic mass is 9.97. The van der Waals surface area contributed by atoms with E-state index in [4.69, 9.17) is 14.8 Å². The lowest BCUT2D eigenvalue weighted by molar-refractivity contribution is -0.124. The number of pyridine rings is 1. The van der Waals surface area contributed by atoms with Gasteiger partial charge in [-0.2, -0.15) is 0 Å². The first-order valence-corrected chi connectivity index (χ1v) is 10.5. The highest BCUT2D eigenvalue weighted by Gasteiger charge is 2.36. The summed E-state index contributed by atoms with van der Waals surface area (Å²) >= 11 is 0. The second kappa shape index (κ2) is 7.94. The molecule has 2 aliphatic rings. The van der Waals surface area contributed by atoms with Crippen LogP contribution in [0.15, 0.2) is 35.4 Å². The number of nitrogens with zero attached hydrogens (tertiary/aromatic N) is 2. The number of amides is 1. The molecule has 0 aliphatic carbocycles. The van der Waals surface area contributed by atoms with Gasteiger partial charge in [0.25, 0.3) is 5.91 Å². The van der Waals surface area contributed by atoms with E-state index in [0.717, 1.165) is 52.7 Å². The molecule has 30 heavy (non-hydrogen) atoms. The van der Waals surface area contributed by atoms with E-state index in [1.165, 1.54) is 11.1 Å². The summed E-state index contributed by atoms with van der Waals surface area (Å²) in [4.78, 5) is 31.1. The van der Waals surface area contributed by atoms with Gasteiger partial charge in [0, 0.05) is 10.9 Å². The predicted octanol–water partition coefficient (Wildman–Crippen LogP) is 4.98. The molecule has 6 nitrogen and oxygen atoms in total. The van der Waals surface area contributed by atoms with E-state index in [2.05, 4.69) is 32.1 Å². The summed E-state index contributed by atoms with van der Waals surface area (Å²) in [6, 6.07) is 6.26. The summed E-state index contributed by atoms with van der Waals surface area (Å²) < 4.78 is 4.80. The summed E-state index contributed by atoms with van der Waals surface area (Å²) in [7, 11) is 0. The molecule has 0 saturated carbocycles. The van der Waals surface area contributed by atoms with Gasteiger partial charge < -0.3 is 14.7 Å².